The third-order valence-corrected chi connectivity index (χ3v) is 4.66. The smallest absolute Gasteiger partial charge is 0.275 e. The number of carbonyl (C=O) groups excluding carboxylic acids is 1. The molecule has 0 amide bonds. The molecule has 0 saturated heterocycles. The summed E-state index contributed by atoms with van der Waals surface area (Å²) in [7, 11) is 3.92. The zero-order valence-corrected chi connectivity index (χ0v) is 15.7. The number of H-pyrrole nitrogens is 1. The van der Waals surface area contributed by atoms with Crippen LogP contribution in [0.15, 0.2) is 40.6 Å². The minimum atomic E-state index is -0.183. The van der Waals surface area contributed by atoms with Gasteiger partial charge in [-0.2, -0.15) is 0 Å². The minimum Gasteiger partial charge on any atom is -0.322 e. The number of hydrogen-bond donors (Lipinski definition) is 1. The fourth-order valence-electron chi connectivity index (χ4n) is 3.19. The number of benzene rings is 1. The van der Waals surface area contributed by atoms with E-state index in [2.05, 4.69) is 17.8 Å². The van der Waals surface area contributed by atoms with Crippen molar-refractivity contribution in [1.82, 2.24) is 9.78 Å². The van der Waals surface area contributed by atoms with Gasteiger partial charge in [-0.05, 0) is 24.6 Å². The number of anilines is 2. The zero-order valence-electron chi connectivity index (χ0n) is 15.7. The molecule has 2 heterocycles. The van der Waals surface area contributed by atoms with E-state index in [1.165, 1.54) is 11.6 Å². The highest BCUT2D eigenvalue weighted by atomic mass is 16.1. The Morgan fingerprint density at radius 3 is 2.35 bits per heavy atom. The molecule has 6 heteroatoms. The Hall–Kier alpha value is -2.98. The largest absolute Gasteiger partial charge is 0.322 e. The second kappa shape index (κ2) is 7.10. The Morgan fingerprint density at radius 1 is 1.19 bits per heavy atom. The number of nitrogens with one attached hydrogen (secondary N) is 1. The van der Waals surface area contributed by atoms with Gasteiger partial charge in [0.25, 0.3) is 5.56 Å². The van der Waals surface area contributed by atoms with Gasteiger partial charge in [-0.25, -0.2) is 0 Å². The van der Waals surface area contributed by atoms with E-state index in [1.54, 1.807) is 6.08 Å². The number of rotatable bonds is 5. The van der Waals surface area contributed by atoms with Gasteiger partial charge >= 0.3 is 0 Å². The predicted molar refractivity (Wildman–Crippen MR) is 105 cm³/mol. The Bertz CT molecular complexity index is 929. The molecule has 1 N–H and O–H groups in total. The van der Waals surface area contributed by atoms with Crippen LogP contribution >= 0.6 is 0 Å². The molecule has 136 valence electrons. The summed E-state index contributed by atoms with van der Waals surface area (Å²) in [5.74, 6) is 0.660. The number of carbonyl (C=O) groups is 1. The van der Waals surface area contributed by atoms with Crippen LogP contribution in [0.4, 0.5) is 11.4 Å². The third kappa shape index (κ3) is 3.00. The monoisotopic (exact) mass is 352 g/mol. The van der Waals surface area contributed by atoms with Crippen molar-refractivity contribution in [2.45, 2.75) is 33.2 Å². The molecule has 1 aromatic carbocycles. The van der Waals surface area contributed by atoms with Gasteiger partial charge in [0.1, 0.15) is 5.69 Å². The predicted octanol–water partition coefficient (Wildman–Crippen LogP) is 3.22. The first-order valence-electron chi connectivity index (χ1n) is 8.82. The van der Waals surface area contributed by atoms with Gasteiger partial charge in [-0.3, -0.25) is 19.4 Å². The Labute approximate surface area is 153 Å². The number of aryl methyl sites for hydroxylation is 1. The summed E-state index contributed by atoms with van der Waals surface area (Å²) in [6.07, 6.45) is 3.47. The lowest BCUT2D eigenvalue weighted by atomic mass is 10.2. The van der Waals surface area contributed by atoms with Gasteiger partial charge in [-0.15, -0.1) is 0 Å². The molecule has 0 spiro atoms. The molecule has 0 atom stereocenters. The van der Waals surface area contributed by atoms with E-state index in [0.29, 0.717) is 17.8 Å². The topological polar surface area (TPSA) is 61.3 Å². The number of hydrogen-bond acceptors (Lipinski definition) is 4. The van der Waals surface area contributed by atoms with Crippen molar-refractivity contribution in [2.75, 3.05) is 23.9 Å². The third-order valence-electron chi connectivity index (χ3n) is 4.66. The standard InChI is InChI=1S/C20H24N4O2/c1-5-6-13-24-20(26)15(19(21-24)14(2)25)11-12-18-22(3)16-9-7-8-10-17(16)23(18)4/h7-11,21H,5-6,13H2,1-4H3. The molecule has 26 heavy (non-hydrogen) atoms. The molecule has 1 aliphatic rings. The van der Waals surface area contributed by atoms with E-state index in [-0.39, 0.29) is 11.3 Å². The van der Waals surface area contributed by atoms with Crippen molar-refractivity contribution in [3.8, 4) is 0 Å². The van der Waals surface area contributed by atoms with Crippen LogP contribution in [0.1, 0.15) is 42.7 Å². The lowest BCUT2D eigenvalue weighted by Crippen LogP contribution is -2.21. The first-order chi connectivity index (χ1) is 12.5. The molecular formula is C20H24N4O2. The average Bonchev–Trinajstić information content (AvgIpc) is 3.07. The van der Waals surface area contributed by atoms with Crippen LogP contribution in [-0.4, -0.2) is 29.7 Å². The summed E-state index contributed by atoms with van der Waals surface area (Å²) in [6, 6.07) is 8.05. The SMILES string of the molecule is CCCCn1[nH]c(C(C)=O)c(C=C=C2N(C)c3ccccc3N2C)c1=O. The number of aromatic amines is 1. The maximum Gasteiger partial charge on any atom is 0.275 e. The van der Waals surface area contributed by atoms with E-state index in [4.69, 9.17) is 0 Å². The highest BCUT2D eigenvalue weighted by Gasteiger charge is 2.25. The van der Waals surface area contributed by atoms with Gasteiger partial charge in [0.2, 0.25) is 0 Å². The number of nitrogens with zero attached hydrogens (tertiary/aromatic N) is 3. The van der Waals surface area contributed by atoms with E-state index in [9.17, 15) is 9.59 Å². The Balaban J connectivity index is 2.06. The summed E-state index contributed by atoms with van der Waals surface area (Å²) >= 11 is 0. The number of para-hydroxylation sites is 2. The Morgan fingerprint density at radius 2 is 1.81 bits per heavy atom. The van der Waals surface area contributed by atoms with Gasteiger partial charge < -0.3 is 9.80 Å². The van der Waals surface area contributed by atoms with Gasteiger partial charge in [0.15, 0.2) is 11.6 Å². The number of aromatic nitrogens is 2. The van der Waals surface area contributed by atoms with E-state index in [0.717, 1.165) is 30.0 Å². The second-order valence-electron chi connectivity index (χ2n) is 6.49. The molecule has 3 rings (SSSR count). The highest BCUT2D eigenvalue weighted by Crippen LogP contribution is 2.38. The molecule has 0 aliphatic carbocycles. The van der Waals surface area contributed by atoms with Crippen LogP contribution in [0.25, 0.3) is 6.08 Å². The van der Waals surface area contributed by atoms with Crippen LogP contribution < -0.4 is 15.4 Å². The zero-order chi connectivity index (χ0) is 18.8. The van der Waals surface area contributed by atoms with Crippen molar-refractivity contribution in [1.29, 1.82) is 0 Å². The molecule has 0 bridgehead atoms. The summed E-state index contributed by atoms with van der Waals surface area (Å²) in [6.45, 7) is 4.10. The molecule has 1 aliphatic heterocycles. The summed E-state index contributed by atoms with van der Waals surface area (Å²) < 4.78 is 1.51. The van der Waals surface area contributed by atoms with Crippen LogP contribution in [-0.2, 0) is 6.54 Å². The van der Waals surface area contributed by atoms with E-state index >= 15 is 0 Å². The second-order valence-corrected chi connectivity index (χ2v) is 6.49. The summed E-state index contributed by atoms with van der Waals surface area (Å²) in [4.78, 5) is 28.6. The van der Waals surface area contributed by atoms with Crippen LogP contribution in [0.5, 0.6) is 0 Å². The first-order valence-corrected chi connectivity index (χ1v) is 8.82. The van der Waals surface area contributed by atoms with Crippen LogP contribution in [0, 0.1) is 0 Å². The lowest BCUT2D eigenvalue weighted by molar-refractivity contribution is 0.101. The fourth-order valence-corrected chi connectivity index (χ4v) is 3.19. The van der Waals surface area contributed by atoms with Gasteiger partial charge in [0, 0.05) is 27.6 Å². The molecule has 2 aromatic rings. The molecule has 0 saturated carbocycles. The van der Waals surface area contributed by atoms with E-state index in [1.807, 2.05) is 48.2 Å². The molecule has 0 radical (unpaired) electrons. The number of Topliss-reactive ketones (excluding diaryl/α,β-unsaturated/α-hetero) is 1. The average molecular weight is 352 g/mol. The minimum absolute atomic E-state index is 0.160. The Kier molecular flexibility index (Phi) is 4.87. The number of ketones is 1. The highest BCUT2D eigenvalue weighted by molar-refractivity contribution is 5.95. The molecular weight excluding hydrogens is 328 g/mol. The van der Waals surface area contributed by atoms with Crippen molar-refractivity contribution in [3.63, 3.8) is 0 Å². The lowest BCUT2D eigenvalue weighted by Gasteiger charge is -2.15. The van der Waals surface area contributed by atoms with Crippen molar-refractivity contribution >= 4 is 23.2 Å². The summed E-state index contributed by atoms with van der Waals surface area (Å²) in [5.41, 5.74) is 5.87. The van der Waals surface area contributed by atoms with Crippen molar-refractivity contribution in [2.24, 2.45) is 0 Å². The van der Waals surface area contributed by atoms with Gasteiger partial charge in [-0.1, -0.05) is 31.2 Å². The molecule has 0 unspecified atom stereocenters. The quantitative estimate of drug-likeness (QED) is 0.663. The maximum absolute atomic E-state index is 12.7. The first kappa shape index (κ1) is 17.8. The molecule has 6 nitrogen and oxygen atoms in total. The van der Waals surface area contributed by atoms with E-state index < -0.39 is 0 Å². The van der Waals surface area contributed by atoms with Crippen LogP contribution in [0.2, 0.25) is 0 Å². The molecule has 1 aromatic heterocycles. The normalized spacial score (nSPS) is 13.0. The number of fused-ring (bicyclic) bond motifs is 1. The summed E-state index contributed by atoms with van der Waals surface area (Å²) in [5, 5.41) is 2.95. The van der Waals surface area contributed by atoms with Crippen molar-refractivity contribution in [3.05, 3.63) is 57.4 Å². The van der Waals surface area contributed by atoms with Crippen molar-refractivity contribution < 1.29 is 4.79 Å². The van der Waals surface area contributed by atoms with Crippen LogP contribution in [0.3, 0.4) is 0 Å². The fraction of sp³-hybridized carbons (Fsp3) is 0.350. The maximum atomic E-state index is 12.7. The number of unbranched alkanes of at least 4 members (excludes halogenated alkanes) is 1. The van der Waals surface area contributed by atoms with Gasteiger partial charge in [0.05, 0.1) is 16.9 Å². The molecule has 0 fully saturated rings.